The molecule has 3 rings (SSSR count). The zero-order valence-electron chi connectivity index (χ0n) is 14.2. The standard InChI is InChI=1S/C20H15FN2O2S/c1-12-3-4-14(9-17(12)21)19(24)16(10-22)20-23-18(11-26-20)13-5-7-15(25-2)8-6-13/h3-9,11,16H,1-2H3. The number of nitrogens with zero attached hydrogens (tertiary/aromatic N) is 2. The fourth-order valence-corrected chi connectivity index (χ4v) is 3.32. The lowest BCUT2D eigenvalue weighted by atomic mass is 9.98. The number of aromatic nitrogens is 1. The lowest BCUT2D eigenvalue weighted by Crippen LogP contribution is -2.11. The molecular formula is C20H15FN2O2S. The smallest absolute Gasteiger partial charge is 0.187 e. The molecule has 0 fully saturated rings. The minimum absolute atomic E-state index is 0.167. The Morgan fingerprint density at radius 1 is 1.27 bits per heavy atom. The van der Waals surface area contributed by atoms with Crippen molar-refractivity contribution in [1.82, 2.24) is 4.98 Å². The van der Waals surface area contributed by atoms with E-state index in [4.69, 9.17) is 4.74 Å². The number of hydrogen-bond donors (Lipinski definition) is 0. The van der Waals surface area contributed by atoms with Crippen molar-refractivity contribution in [3.8, 4) is 23.1 Å². The number of ether oxygens (including phenoxy) is 1. The normalized spacial score (nSPS) is 11.6. The van der Waals surface area contributed by atoms with Gasteiger partial charge in [-0.15, -0.1) is 11.3 Å². The highest BCUT2D eigenvalue weighted by Crippen LogP contribution is 2.29. The molecule has 0 spiro atoms. The molecule has 1 atom stereocenters. The van der Waals surface area contributed by atoms with Gasteiger partial charge in [0.05, 0.1) is 18.9 Å². The van der Waals surface area contributed by atoms with Crippen LogP contribution in [0.15, 0.2) is 47.8 Å². The van der Waals surface area contributed by atoms with Crippen molar-refractivity contribution in [2.24, 2.45) is 0 Å². The highest BCUT2D eigenvalue weighted by Gasteiger charge is 2.25. The quantitative estimate of drug-likeness (QED) is 0.611. The number of aryl methyl sites for hydroxylation is 1. The number of halogens is 1. The molecule has 0 amide bonds. The first-order chi connectivity index (χ1) is 12.5. The maximum Gasteiger partial charge on any atom is 0.187 e. The third kappa shape index (κ3) is 3.48. The van der Waals surface area contributed by atoms with Gasteiger partial charge in [0.25, 0.3) is 0 Å². The highest BCUT2D eigenvalue weighted by atomic mass is 32.1. The van der Waals surface area contributed by atoms with Crippen LogP contribution in [-0.4, -0.2) is 17.9 Å². The van der Waals surface area contributed by atoms with Crippen LogP contribution in [0.4, 0.5) is 4.39 Å². The summed E-state index contributed by atoms with van der Waals surface area (Å²) in [6, 6.07) is 13.6. The number of benzene rings is 2. The largest absolute Gasteiger partial charge is 0.497 e. The first-order valence-electron chi connectivity index (χ1n) is 7.83. The first-order valence-corrected chi connectivity index (χ1v) is 8.71. The molecule has 0 aliphatic rings. The van der Waals surface area contributed by atoms with Crippen molar-refractivity contribution in [2.45, 2.75) is 12.8 Å². The van der Waals surface area contributed by atoms with Crippen LogP contribution in [0.5, 0.6) is 5.75 Å². The lowest BCUT2D eigenvalue weighted by Gasteiger charge is -2.06. The van der Waals surface area contributed by atoms with Crippen LogP contribution in [0.3, 0.4) is 0 Å². The van der Waals surface area contributed by atoms with Crippen LogP contribution in [0, 0.1) is 24.1 Å². The minimum atomic E-state index is -1.06. The highest BCUT2D eigenvalue weighted by molar-refractivity contribution is 7.10. The van der Waals surface area contributed by atoms with E-state index in [1.165, 1.54) is 29.5 Å². The molecule has 1 unspecified atom stereocenters. The van der Waals surface area contributed by atoms with Crippen LogP contribution in [0.2, 0.25) is 0 Å². The number of rotatable bonds is 5. The van der Waals surface area contributed by atoms with Gasteiger partial charge in [-0.3, -0.25) is 4.79 Å². The molecule has 2 aromatic carbocycles. The fraction of sp³-hybridized carbons (Fsp3) is 0.150. The molecule has 0 aliphatic carbocycles. The van der Waals surface area contributed by atoms with Crippen LogP contribution in [0.25, 0.3) is 11.3 Å². The molecule has 6 heteroatoms. The van der Waals surface area contributed by atoms with Crippen molar-refractivity contribution in [2.75, 3.05) is 7.11 Å². The number of carbonyl (C=O) groups excluding carboxylic acids is 1. The third-order valence-electron chi connectivity index (χ3n) is 4.00. The maximum atomic E-state index is 13.7. The zero-order valence-corrected chi connectivity index (χ0v) is 15.0. The fourth-order valence-electron chi connectivity index (χ4n) is 2.45. The number of ketones is 1. The summed E-state index contributed by atoms with van der Waals surface area (Å²) in [6.45, 7) is 1.62. The van der Waals surface area contributed by atoms with E-state index in [-0.39, 0.29) is 5.56 Å². The molecule has 0 bridgehead atoms. The SMILES string of the molecule is COc1ccc(-c2csc(C(C#N)C(=O)c3ccc(C)c(F)c3)n2)cc1. The Bertz CT molecular complexity index is 990. The van der Waals surface area contributed by atoms with Gasteiger partial charge < -0.3 is 4.74 Å². The first kappa shape index (κ1) is 17.8. The van der Waals surface area contributed by atoms with E-state index in [0.717, 1.165) is 11.3 Å². The number of nitriles is 1. The van der Waals surface area contributed by atoms with Gasteiger partial charge in [-0.05, 0) is 42.8 Å². The predicted molar refractivity (Wildman–Crippen MR) is 97.9 cm³/mol. The third-order valence-corrected chi connectivity index (χ3v) is 4.91. The van der Waals surface area contributed by atoms with E-state index in [9.17, 15) is 14.4 Å². The van der Waals surface area contributed by atoms with E-state index >= 15 is 0 Å². The van der Waals surface area contributed by atoms with Gasteiger partial charge in [-0.2, -0.15) is 5.26 Å². The predicted octanol–water partition coefficient (Wildman–Crippen LogP) is 4.76. The molecule has 3 aromatic rings. The molecule has 0 radical (unpaired) electrons. The number of methoxy groups -OCH3 is 1. The molecule has 26 heavy (non-hydrogen) atoms. The second-order valence-electron chi connectivity index (χ2n) is 5.69. The van der Waals surface area contributed by atoms with Gasteiger partial charge in [0.2, 0.25) is 0 Å². The molecule has 0 aliphatic heterocycles. The summed E-state index contributed by atoms with van der Waals surface area (Å²) in [7, 11) is 1.59. The molecular weight excluding hydrogens is 351 g/mol. The van der Waals surface area contributed by atoms with Crippen LogP contribution in [-0.2, 0) is 0 Å². The summed E-state index contributed by atoms with van der Waals surface area (Å²) in [5, 5.41) is 11.7. The molecule has 130 valence electrons. The number of carbonyl (C=O) groups is 1. The number of thiazole rings is 1. The molecule has 0 N–H and O–H groups in total. The van der Waals surface area contributed by atoms with Crippen LogP contribution >= 0.6 is 11.3 Å². The van der Waals surface area contributed by atoms with Crippen molar-refractivity contribution in [3.63, 3.8) is 0 Å². The zero-order chi connectivity index (χ0) is 18.7. The van der Waals surface area contributed by atoms with E-state index < -0.39 is 17.5 Å². The molecule has 1 heterocycles. The van der Waals surface area contributed by atoms with Crippen molar-refractivity contribution >= 4 is 17.1 Å². The Balaban J connectivity index is 1.89. The molecule has 0 saturated heterocycles. The molecule has 0 saturated carbocycles. The minimum Gasteiger partial charge on any atom is -0.497 e. The second-order valence-corrected chi connectivity index (χ2v) is 6.58. The lowest BCUT2D eigenvalue weighted by molar-refractivity contribution is 0.0978. The summed E-state index contributed by atoms with van der Waals surface area (Å²) in [6.07, 6.45) is 0. The molecule has 4 nitrogen and oxygen atoms in total. The summed E-state index contributed by atoms with van der Waals surface area (Å²) in [5.41, 5.74) is 2.15. The monoisotopic (exact) mass is 366 g/mol. The van der Waals surface area contributed by atoms with Gasteiger partial charge in [-0.1, -0.05) is 12.1 Å². The summed E-state index contributed by atoms with van der Waals surface area (Å²) in [4.78, 5) is 17.1. The van der Waals surface area contributed by atoms with Gasteiger partial charge in [-0.25, -0.2) is 9.37 Å². The van der Waals surface area contributed by atoms with E-state index in [1.54, 1.807) is 19.4 Å². The summed E-state index contributed by atoms with van der Waals surface area (Å²) < 4.78 is 18.9. The average molecular weight is 366 g/mol. The van der Waals surface area contributed by atoms with E-state index in [2.05, 4.69) is 4.98 Å². The number of hydrogen-bond acceptors (Lipinski definition) is 5. The van der Waals surface area contributed by atoms with Crippen LogP contribution < -0.4 is 4.74 Å². The van der Waals surface area contributed by atoms with E-state index in [0.29, 0.717) is 16.3 Å². The maximum absolute atomic E-state index is 13.7. The second kappa shape index (κ2) is 7.46. The van der Waals surface area contributed by atoms with Gasteiger partial charge in [0, 0.05) is 16.5 Å². The Morgan fingerprint density at radius 3 is 2.62 bits per heavy atom. The summed E-state index contributed by atoms with van der Waals surface area (Å²) >= 11 is 1.24. The van der Waals surface area contributed by atoms with Crippen molar-refractivity contribution in [3.05, 3.63) is 69.8 Å². The van der Waals surface area contributed by atoms with Gasteiger partial charge >= 0.3 is 0 Å². The summed E-state index contributed by atoms with van der Waals surface area (Å²) in [5.74, 6) is -1.25. The average Bonchev–Trinajstić information content (AvgIpc) is 3.14. The molecule has 1 aromatic heterocycles. The Hall–Kier alpha value is -3.04. The van der Waals surface area contributed by atoms with Crippen LogP contribution in [0.1, 0.15) is 26.8 Å². The van der Waals surface area contributed by atoms with Crippen molar-refractivity contribution < 1.29 is 13.9 Å². The van der Waals surface area contributed by atoms with Gasteiger partial charge in [0.1, 0.15) is 16.6 Å². The van der Waals surface area contributed by atoms with E-state index in [1.807, 2.05) is 30.3 Å². The Morgan fingerprint density at radius 2 is 2.00 bits per heavy atom. The Kier molecular flexibility index (Phi) is 5.10. The van der Waals surface area contributed by atoms with Gasteiger partial charge in [0.15, 0.2) is 11.7 Å². The Labute approximate surface area is 154 Å². The van der Waals surface area contributed by atoms with Crippen molar-refractivity contribution in [1.29, 1.82) is 5.26 Å². The number of Topliss-reactive ketones (excluding diaryl/α,β-unsaturated/α-hetero) is 1. The topological polar surface area (TPSA) is 63.0 Å².